The van der Waals surface area contributed by atoms with E-state index >= 15 is 0 Å². The molecule has 3 aromatic rings. The second-order valence-corrected chi connectivity index (χ2v) is 9.76. The van der Waals surface area contributed by atoms with Crippen molar-refractivity contribution in [2.24, 2.45) is 5.92 Å². The van der Waals surface area contributed by atoms with E-state index in [-0.39, 0.29) is 29.7 Å². The second-order valence-electron chi connectivity index (χ2n) is 9.76. The minimum atomic E-state index is -0.272. The molecule has 3 rings (SSSR count). The standard InChI is InChI=1S/C24H36N6O2/c1-7-17-9-10-20-18(13-17)14-19(23(32)25-20)15-29(11-8-12-31)21(16(2)3)22-26-27-28-30(22)24(4,5)6/h9-10,13-14,16,21,31H,7-8,11-12,15H2,1-6H3,(H,25,32). The summed E-state index contributed by atoms with van der Waals surface area (Å²) >= 11 is 0. The molecule has 0 aliphatic heterocycles. The van der Waals surface area contributed by atoms with E-state index in [1.807, 2.05) is 22.9 Å². The first-order chi connectivity index (χ1) is 15.2. The van der Waals surface area contributed by atoms with Crippen LogP contribution in [0.3, 0.4) is 0 Å². The highest BCUT2D eigenvalue weighted by Gasteiger charge is 2.32. The zero-order chi connectivity index (χ0) is 23.5. The van der Waals surface area contributed by atoms with Crippen molar-refractivity contribution in [3.63, 3.8) is 0 Å². The fourth-order valence-corrected chi connectivity index (χ4v) is 4.19. The topological polar surface area (TPSA) is 99.9 Å². The van der Waals surface area contributed by atoms with Gasteiger partial charge in [-0.05, 0) is 79.1 Å². The van der Waals surface area contributed by atoms with Gasteiger partial charge in [-0.25, -0.2) is 4.68 Å². The van der Waals surface area contributed by atoms with Gasteiger partial charge >= 0.3 is 0 Å². The number of aryl methyl sites for hydroxylation is 1. The summed E-state index contributed by atoms with van der Waals surface area (Å²) in [5.41, 5.74) is 2.41. The number of aromatic nitrogens is 5. The van der Waals surface area contributed by atoms with Gasteiger partial charge in [0.2, 0.25) is 0 Å². The maximum atomic E-state index is 12.9. The number of fused-ring (bicyclic) bond motifs is 1. The third-order valence-electron chi connectivity index (χ3n) is 5.79. The molecular weight excluding hydrogens is 404 g/mol. The van der Waals surface area contributed by atoms with Crippen LogP contribution in [0, 0.1) is 5.92 Å². The summed E-state index contributed by atoms with van der Waals surface area (Å²) in [5, 5.41) is 23.1. The molecule has 2 N–H and O–H groups in total. The molecule has 0 radical (unpaired) electrons. The van der Waals surface area contributed by atoms with E-state index < -0.39 is 0 Å². The molecule has 0 spiro atoms. The van der Waals surface area contributed by atoms with Gasteiger partial charge in [0.05, 0.1) is 11.6 Å². The lowest BCUT2D eigenvalue weighted by molar-refractivity contribution is 0.116. The molecule has 1 atom stereocenters. The molecule has 0 aliphatic carbocycles. The Morgan fingerprint density at radius 3 is 2.59 bits per heavy atom. The van der Waals surface area contributed by atoms with Crippen LogP contribution in [0.15, 0.2) is 29.1 Å². The van der Waals surface area contributed by atoms with Crippen LogP contribution >= 0.6 is 0 Å². The number of hydrogen-bond acceptors (Lipinski definition) is 6. The van der Waals surface area contributed by atoms with Crippen LogP contribution in [-0.2, 0) is 18.5 Å². The van der Waals surface area contributed by atoms with Crippen LogP contribution in [0.5, 0.6) is 0 Å². The smallest absolute Gasteiger partial charge is 0.252 e. The first-order valence-electron chi connectivity index (χ1n) is 11.4. The van der Waals surface area contributed by atoms with E-state index in [0.29, 0.717) is 25.1 Å². The molecule has 174 valence electrons. The molecule has 0 amide bonds. The number of benzene rings is 1. The number of nitrogens with zero attached hydrogens (tertiary/aromatic N) is 5. The summed E-state index contributed by atoms with van der Waals surface area (Å²) in [7, 11) is 0. The van der Waals surface area contributed by atoms with E-state index in [1.165, 1.54) is 5.56 Å². The highest BCUT2D eigenvalue weighted by molar-refractivity contribution is 5.79. The first-order valence-corrected chi connectivity index (χ1v) is 11.4. The van der Waals surface area contributed by atoms with Gasteiger partial charge in [0.25, 0.3) is 5.56 Å². The number of tetrazole rings is 1. The van der Waals surface area contributed by atoms with Crippen molar-refractivity contribution in [3.05, 3.63) is 51.6 Å². The molecule has 8 heteroatoms. The number of aliphatic hydroxyl groups is 1. The van der Waals surface area contributed by atoms with E-state index in [2.05, 4.69) is 73.0 Å². The lowest BCUT2D eigenvalue weighted by Crippen LogP contribution is -2.38. The lowest BCUT2D eigenvalue weighted by Gasteiger charge is -2.35. The molecule has 1 aromatic carbocycles. The fourth-order valence-electron chi connectivity index (χ4n) is 4.19. The molecule has 8 nitrogen and oxygen atoms in total. The van der Waals surface area contributed by atoms with Gasteiger partial charge in [0.15, 0.2) is 5.82 Å². The van der Waals surface area contributed by atoms with Crippen LogP contribution in [0.2, 0.25) is 0 Å². The summed E-state index contributed by atoms with van der Waals surface area (Å²) in [6, 6.07) is 8.04. The summed E-state index contributed by atoms with van der Waals surface area (Å²) in [4.78, 5) is 18.2. The number of aromatic amines is 1. The van der Waals surface area contributed by atoms with Gasteiger partial charge in [0.1, 0.15) is 0 Å². The van der Waals surface area contributed by atoms with Crippen molar-refractivity contribution < 1.29 is 5.11 Å². The van der Waals surface area contributed by atoms with Crippen LogP contribution in [0.4, 0.5) is 0 Å². The van der Waals surface area contributed by atoms with Crippen molar-refractivity contribution in [1.29, 1.82) is 0 Å². The Balaban J connectivity index is 2.04. The van der Waals surface area contributed by atoms with Crippen molar-refractivity contribution >= 4 is 10.9 Å². The number of hydrogen-bond donors (Lipinski definition) is 2. The first kappa shape index (κ1) is 24.1. The molecule has 0 bridgehead atoms. The SMILES string of the molecule is CCc1ccc2[nH]c(=O)c(CN(CCCO)C(c3nnnn3C(C)(C)C)C(C)C)cc2c1. The molecule has 0 aliphatic rings. The van der Waals surface area contributed by atoms with Crippen molar-refractivity contribution in [2.75, 3.05) is 13.2 Å². The predicted octanol–water partition coefficient (Wildman–Crippen LogP) is 3.41. The highest BCUT2D eigenvalue weighted by Crippen LogP contribution is 2.31. The number of rotatable bonds is 9. The Kier molecular flexibility index (Phi) is 7.46. The molecule has 2 heterocycles. The molecule has 32 heavy (non-hydrogen) atoms. The summed E-state index contributed by atoms with van der Waals surface area (Å²) in [6.45, 7) is 13.8. The average molecular weight is 441 g/mol. The maximum absolute atomic E-state index is 12.9. The maximum Gasteiger partial charge on any atom is 0.252 e. The van der Waals surface area contributed by atoms with Crippen LogP contribution < -0.4 is 5.56 Å². The van der Waals surface area contributed by atoms with E-state index in [9.17, 15) is 9.90 Å². The Bertz CT molecular complexity index is 1100. The zero-order valence-corrected chi connectivity index (χ0v) is 20.1. The molecule has 0 saturated carbocycles. The van der Waals surface area contributed by atoms with Crippen molar-refractivity contribution in [1.82, 2.24) is 30.1 Å². The van der Waals surface area contributed by atoms with Gasteiger partial charge in [-0.2, -0.15) is 0 Å². The Labute approximate surface area is 189 Å². The normalized spacial score (nSPS) is 13.4. The largest absolute Gasteiger partial charge is 0.396 e. The number of aliphatic hydroxyl groups excluding tert-OH is 1. The fraction of sp³-hybridized carbons (Fsp3) is 0.583. The number of nitrogens with one attached hydrogen (secondary N) is 1. The Morgan fingerprint density at radius 2 is 1.97 bits per heavy atom. The highest BCUT2D eigenvalue weighted by atomic mass is 16.3. The molecule has 2 aromatic heterocycles. The molecule has 0 fully saturated rings. The lowest BCUT2D eigenvalue weighted by atomic mass is 9.98. The summed E-state index contributed by atoms with van der Waals surface area (Å²) in [6.07, 6.45) is 1.55. The van der Waals surface area contributed by atoms with Gasteiger partial charge in [-0.15, -0.1) is 5.10 Å². The van der Waals surface area contributed by atoms with Gasteiger partial charge in [0, 0.05) is 30.8 Å². The monoisotopic (exact) mass is 440 g/mol. The average Bonchev–Trinajstić information content (AvgIpc) is 3.21. The van der Waals surface area contributed by atoms with E-state index in [1.54, 1.807) is 0 Å². The number of pyridine rings is 1. The van der Waals surface area contributed by atoms with E-state index in [4.69, 9.17) is 0 Å². The van der Waals surface area contributed by atoms with Crippen LogP contribution in [0.1, 0.15) is 71.0 Å². The molecular formula is C24H36N6O2. The van der Waals surface area contributed by atoms with Crippen molar-refractivity contribution in [3.8, 4) is 0 Å². The minimum absolute atomic E-state index is 0.0828. The Hall–Kier alpha value is -2.58. The van der Waals surface area contributed by atoms with Crippen LogP contribution in [0.25, 0.3) is 10.9 Å². The van der Waals surface area contributed by atoms with E-state index in [0.717, 1.165) is 23.1 Å². The Morgan fingerprint density at radius 1 is 1.22 bits per heavy atom. The third kappa shape index (κ3) is 5.24. The molecule has 0 saturated heterocycles. The third-order valence-corrected chi connectivity index (χ3v) is 5.79. The van der Waals surface area contributed by atoms with Crippen molar-refractivity contribution in [2.45, 2.75) is 72.5 Å². The van der Waals surface area contributed by atoms with Gasteiger partial charge < -0.3 is 10.1 Å². The number of H-pyrrole nitrogens is 1. The predicted molar refractivity (Wildman–Crippen MR) is 126 cm³/mol. The van der Waals surface area contributed by atoms with Gasteiger partial charge in [-0.1, -0.05) is 26.8 Å². The second kappa shape index (κ2) is 9.92. The summed E-state index contributed by atoms with van der Waals surface area (Å²) in [5.74, 6) is 0.975. The minimum Gasteiger partial charge on any atom is -0.396 e. The van der Waals surface area contributed by atoms with Gasteiger partial charge in [-0.3, -0.25) is 9.69 Å². The quantitative estimate of drug-likeness (QED) is 0.529. The molecule has 1 unspecified atom stereocenters. The van der Waals surface area contributed by atoms with Crippen LogP contribution in [-0.4, -0.2) is 48.3 Å². The zero-order valence-electron chi connectivity index (χ0n) is 20.1. The summed E-state index contributed by atoms with van der Waals surface area (Å²) < 4.78 is 1.86.